The van der Waals surface area contributed by atoms with Crippen LogP contribution >= 0.6 is 0 Å². The maximum atomic E-state index is 6.98. The highest BCUT2D eigenvalue weighted by Gasteiger charge is 2.44. The molecule has 56 heavy (non-hydrogen) atoms. The molecule has 2 nitrogen and oxygen atoms in total. The fraction of sp³-hybridized carbons (Fsp3) is 0.148. The average molecular weight is 722 g/mol. The molecule has 0 amide bonds. The van der Waals surface area contributed by atoms with Crippen LogP contribution in [0.15, 0.2) is 180 Å². The summed E-state index contributed by atoms with van der Waals surface area (Å²) in [7, 11) is 0. The van der Waals surface area contributed by atoms with E-state index in [1.807, 2.05) is 0 Å². The van der Waals surface area contributed by atoms with E-state index in [9.17, 15) is 0 Å². The third-order valence-electron chi connectivity index (χ3n) is 13.2. The summed E-state index contributed by atoms with van der Waals surface area (Å²) in [5, 5.41) is 2.32. The van der Waals surface area contributed by atoms with Gasteiger partial charge < -0.3 is 9.32 Å². The number of para-hydroxylation sites is 1. The summed E-state index contributed by atoms with van der Waals surface area (Å²) in [6, 6.07) is 55.8. The van der Waals surface area contributed by atoms with E-state index >= 15 is 0 Å². The number of rotatable bonds is 5. The standard InChI is InChI=1S/C54H43NO/c1-53(2)47-20-11-9-16-45(47)50-48(53)32-31-44-43-18-12-17-40(51(43)56-52(44)50)36-23-27-38(28-24-36)55(37-25-21-35(22-26-37)34-13-6-5-7-14-34)39-29-30-42-41-15-8-10-19-46(41)54(3,4)49(42)33-39/h5-33,41,46H,1-4H3. The van der Waals surface area contributed by atoms with Gasteiger partial charge >= 0.3 is 0 Å². The number of furan rings is 1. The normalized spacial score (nSPS) is 18.1. The Morgan fingerprint density at radius 3 is 1.91 bits per heavy atom. The molecule has 2 unspecified atom stereocenters. The van der Waals surface area contributed by atoms with Gasteiger partial charge in [-0.1, -0.05) is 167 Å². The number of anilines is 3. The van der Waals surface area contributed by atoms with Crippen molar-refractivity contribution in [1.29, 1.82) is 0 Å². The Labute approximate surface area is 329 Å². The summed E-state index contributed by atoms with van der Waals surface area (Å²) in [4.78, 5) is 2.41. The number of allylic oxidation sites excluding steroid dienone is 4. The van der Waals surface area contributed by atoms with Crippen molar-refractivity contribution in [2.45, 2.75) is 44.4 Å². The van der Waals surface area contributed by atoms with Crippen molar-refractivity contribution >= 4 is 39.0 Å². The second-order valence-electron chi connectivity index (χ2n) is 16.9. The molecule has 0 N–H and O–H groups in total. The van der Waals surface area contributed by atoms with Gasteiger partial charge in [0, 0.05) is 50.3 Å². The number of hydrogen-bond donors (Lipinski definition) is 0. The molecule has 0 radical (unpaired) electrons. The summed E-state index contributed by atoms with van der Waals surface area (Å²) in [6.07, 6.45) is 9.21. The van der Waals surface area contributed by atoms with Crippen LogP contribution < -0.4 is 4.90 Å². The lowest BCUT2D eigenvalue weighted by Crippen LogP contribution is -2.24. The van der Waals surface area contributed by atoms with Crippen LogP contribution in [0.4, 0.5) is 17.1 Å². The van der Waals surface area contributed by atoms with Gasteiger partial charge in [0.1, 0.15) is 11.2 Å². The first kappa shape index (κ1) is 33.0. The van der Waals surface area contributed by atoms with Gasteiger partial charge in [-0.05, 0) is 92.2 Å². The van der Waals surface area contributed by atoms with Gasteiger partial charge in [-0.2, -0.15) is 0 Å². The van der Waals surface area contributed by atoms with E-state index in [1.165, 1.54) is 55.6 Å². The third-order valence-corrected chi connectivity index (χ3v) is 13.2. The minimum absolute atomic E-state index is 0.0210. The molecule has 2 atom stereocenters. The molecule has 270 valence electrons. The Morgan fingerprint density at radius 2 is 1.12 bits per heavy atom. The molecule has 1 aromatic heterocycles. The van der Waals surface area contributed by atoms with Crippen LogP contribution in [-0.2, 0) is 10.8 Å². The van der Waals surface area contributed by atoms with E-state index < -0.39 is 0 Å². The molecule has 11 rings (SSSR count). The van der Waals surface area contributed by atoms with E-state index in [-0.39, 0.29) is 10.8 Å². The zero-order valence-corrected chi connectivity index (χ0v) is 32.3. The number of nitrogens with zero attached hydrogens (tertiary/aromatic N) is 1. The minimum Gasteiger partial charge on any atom is -0.455 e. The molecule has 2 heteroatoms. The van der Waals surface area contributed by atoms with E-state index in [2.05, 4.69) is 209 Å². The van der Waals surface area contributed by atoms with E-state index in [0.717, 1.165) is 39.1 Å². The van der Waals surface area contributed by atoms with Crippen molar-refractivity contribution in [2.75, 3.05) is 4.90 Å². The minimum atomic E-state index is -0.0770. The summed E-state index contributed by atoms with van der Waals surface area (Å²) < 4.78 is 6.98. The van der Waals surface area contributed by atoms with Crippen LogP contribution in [0.25, 0.3) is 55.3 Å². The second-order valence-corrected chi connectivity index (χ2v) is 16.9. The highest BCUT2D eigenvalue weighted by molar-refractivity contribution is 6.14. The van der Waals surface area contributed by atoms with Crippen molar-refractivity contribution in [3.8, 4) is 33.4 Å². The molecule has 3 aliphatic carbocycles. The quantitative estimate of drug-likeness (QED) is 0.176. The first-order chi connectivity index (χ1) is 27.3. The zero-order valence-electron chi connectivity index (χ0n) is 32.3. The molecule has 8 aromatic rings. The molecule has 0 aliphatic heterocycles. The Balaban J connectivity index is 1.03. The fourth-order valence-electron chi connectivity index (χ4n) is 10.2. The Bertz CT molecular complexity index is 2900. The zero-order chi connectivity index (χ0) is 37.8. The van der Waals surface area contributed by atoms with Gasteiger partial charge in [0.2, 0.25) is 0 Å². The van der Waals surface area contributed by atoms with Crippen molar-refractivity contribution < 1.29 is 4.42 Å². The molecule has 0 saturated carbocycles. The molecule has 0 saturated heterocycles. The molecule has 0 spiro atoms. The lowest BCUT2D eigenvalue weighted by Gasteiger charge is -2.30. The molecule has 1 heterocycles. The number of benzene rings is 7. The van der Waals surface area contributed by atoms with Gasteiger partial charge in [0.15, 0.2) is 0 Å². The van der Waals surface area contributed by atoms with Gasteiger partial charge in [-0.25, -0.2) is 0 Å². The first-order valence-electron chi connectivity index (χ1n) is 19.9. The van der Waals surface area contributed by atoms with Gasteiger partial charge in [0.25, 0.3) is 0 Å². The molecule has 3 aliphatic rings. The summed E-state index contributed by atoms with van der Waals surface area (Å²) in [5.74, 6) is 0.874. The Hall–Kier alpha value is -6.38. The van der Waals surface area contributed by atoms with Crippen LogP contribution in [0, 0.1) is 5.92 Å². The van der Waals surface area contributed by atoms with Crippen LogP contribution in [0.3, 0.4) is 0 Å². The summed E-state index contributed by atoms with van der Waals surface area (Å²) in [6.45, 7) is 9.46. The maximum absolute atomic E-state index is 6.98. The van der Waals surface area contributed by atoms with Crippen molar-refractivity contribution in [3.63, 3.8) is 0 Å². The van der Waals surface area contributed by atoms with E-state index in [4.69, 9.17) is 4.42 Å². The predicted octanol–water partition coefficient (Wildman–Crippen LogP) is 14.8. The fourth-order valence-corrected chi connectivity index (χ4v) is 10.2. The predicted molar refractivity (Wildman–Crippen MR) is 234 cm³/mol. The second kappa shape index (κ2) is 12.1. The van der Waals surface area contributed by atoms with Gasteiger partial charge in [-0.15, -0.1) is 0 Å². The van der Waals surface area contributed by atoms with Crippen LogP contribution in [0.5, 0.6) is 0 Å². The Kier molecular flexibility index (Phi) is 7.11. The maximum Gasteiger partial charge on any atom is 0.143 e. The average Bonchev–Trinajstić information content (AvgIpc) is 3.82. The van der Waals surface area contributed by atoms with Crippen LogP contribution in [0.2, 0.25) is 0 Å². The summed E-state index contributed by atoms with van der Waals surface area (Å²) >= 11 is 0. The van der Waals surface area contributed by atoms with Crippen molar-refractivity contribution in [2.24, 2.45) is 5.92 Å². The van der Waals surface area contributed by atoms with Crippen molar-refractivity contribution in [1.82, 2.24) is 0 Å². The van der Waals surface area contributed by atoms with E-state index in [1.54, 1.807) is 0 Å². The molecule has 0 fully saturated rings. The topological polar surface area (TPSA) is 16.4 Å². The molecule has 0 bridgehead atoms. The lowest BCUT2D eigenvalue weighted by atomic mass is 9.74. The lowest BCUT2D eigenvalue weighted by molar-refractivity contribution is 0.394. The van der Waals surface area contributed by atoms with Crippen LogP contribution in [-0.4, -0.2) is 0 Å². The Morgan fingerprint density at radius 1 is 0.482 bits per heavy atom. The van der Waals surface area contributed by atoms with Gasteiger partial charge in [-0.3, -0.25) is 0 Å². The van der Waals surface area contributed by atoms with Gasteiger partial charge in [0.05, 0.1) is 0 Å². The SMILES string of the molecule is CC1(C)c2ccccc2-c2c1ccc1c2oc2c(-c3ccc(N(c4ccc(-c5ccccc5)cc4)c4ccc5c(c4)C(C)(C)C4C=CC=CC54)cc3)cccc21. The largest absolute Gasteiger partial charge is 0.455 e. The third kappa shape index (κ3) is 4.75. The van der Waals surface area contributed by atoms with Crippen molar-refractivity contribution in [3.05, 3.63) is 198 Å². The monoisotopic (exact) mass is 721 g/mol. The molecular weight excluding hydrogens is 679 g/mol. The number of fused-ring (bicyclic) bond motifs is 10. The molecule has 7 aromatic carbocycles. The number of hydrogen-bond acceptors (Lipinski definition) is 2. The highest BCUT2D eigenvalue weighted by Crippen LogP contribution is 2.55. The smallest absolute Gasteiger partial charge is 0.143 e. The van der Waals surface area contributed by atoms with E-state index in [0.29, 0.717) is 11.8 Å². The highest BCUT2D eigenvalue weighted by atomic mass is 16.3. The van der Waals surface area contributed by atoms with Crippen LogP contribution in [0.1, 0.15) is 55.9 Å². The first-order valence-corrected chi connectivity index (χ1v) is 19.9. The molecular formula is C54H43NO. The summed E-state index contributed by atoms with van der Waals surface area (Å²) in [5.41, 5.74) is 18.0.